The molecule has 34 heavy (non-hydrogen) atoms. The summed E-state index contributed by atoms with van der Waals surface area (Å²) in [4.78, 5) is 2.55. The highest BCUT2D eigenvalue weighted by molar-refractivity contribution is 7.89. The fourth-order valence-corrected chi connectivity index (χ4v) is 6.77. The van der Waals surface area contributed by atoms with Crippen molar-refractivity contribution in [1.29, 1.82) is 0 Å². The van der Waals surface area contributed by atoms with Gasteiger partial charge in [-0.1, -0.05) is 30.0 Å². The van der Waals surface area contributed by atoms with Crippen LogP contribution in [0.1, 0.15) is 42.7 Å². The number of nitrogens with zero attached hydrogens (tertiary/aromatic N) is 2. The lowest BCUT2D eigenvalue weighted by Crippen LogP contribution is -2.67. The SMILES string of the molecule is COc1cccc(S(=O)(=O)N2CCCCN3[C@H](C2)[C@@H](c2ccc(C#CC4CC4)cc2)[C@@H]3CO)c1. The third-order valence-corrected chi connectivity index (χ3v) is 9.17. The Bertz CT molecular complexity index is 1180. The molecular weight excluding hydrogens is 448 g/mol. The van der Waals surface area contributed by atoms with Gasteiger partial charge in [0, 0.05) is 48.6 Å². The molecule has 2 aromatic rings. The van der Waals surface area contributed by atoms with Gasteiger partial charge >= 0.3 is 0 Å². The Balaban J connectivity index is 1.40. The van der Waals surface area contributed by atoms with Gasteiger partial charge in [-0.15, -0.1) is 0 Å². The van der Waals surface area contributed by atoms with Crippen LogP contribution >= 0.6 is 0 Å². The van der Waals surface area contributed by atoms with Gasteiger partial charge < -0.3 is 9.84 Å². The highest BCUT2D eigenvalue weighted by Crippen LogP contribution is 2.42. The molecule has 1 N–H and O–H groups in total. The quantitative estimate of drug-likeness (QED) is 0.666. The highest BCUT2D eigenvalue weighted by atomic mass is 32.2. The van der Waals surface area contributed by atoms with E-state index in [0.29, 0.717) is 24.8 Å². The van der Waals surface area contributed by atoms with E-state index in [2.05, 4.69) is 41.0 Å². The van der Waals surface area contributed by atoms with Crippen LogP contribution in [0.25, 0.3) is 0 Å². The van der Waals surface area contributed by atoms with Crippen LogP contribution in [0.15, 0.2) is 53.4 Å². The van der Waals surface area contributed by atoms with Gasteiger partial charge in [-0.3, -0.25) is 4.90 Å². The standard InChI is InChI=1S/C27H32N2O4S/c1-33-23-5-4-6-24(17-23)34(31,32)28-15-2-3-16-29-25(18-28)27(26(29)19-30)22-13-11-21(12-14-22)10-9-20-7-8-20/h4-6,11-14,17,20,25-27,30H,2-3,7-8,15-16,18-19H2,1H3/t25-,26+,27-/m1/s1. The number of aliphatic hydroxyl groups excluding tert-OH is 1. The predicted molar refractivity (Wildman–Crippen MR) is 131 cm³/mol. The molecule has 3 atom stereocenters. The van der Waals surface area contributed by atoms with Gasteiger partial charge in [-0.25, -0.2) is 8.42 Å². The molecule has 0 spiro atoms. The average molecular weight is 481 g/mol. The fourth-order valence-electron chi connectivity index (χ4n) is 5.24. The third kappa shape index (κ3) is 4.60. The number of methoxy groups -OCH3 is 1. The minimum atomic E-state index is -3.66. The van der Waals surface area contributed by atoms with Crippen LogP contribution in [-0.2, 0) is 10.0 Å². The van der Waals surface area contributed by atoms with E-state index in [4.69, 9.17) is 4.74 Å². The van der Waals surface area contributed by atoms with E-state index in [-0.39, 0.29) is 29.5 Å². The van der Waals surface area contributed by atoms with Gasteiger partial charge in [-0.05, 0) is 62.1 Å². The summed E-state index contributed by atoms with van der Waals surface area (Å²) in [6, 6.07) is 15.0. The second-order valence-corrected chi connectivity index (χ2v) is 11.4. The van der Waals surface area contributed by atoms with Crippen molar-refractivity contribution in [2.45, 2.75) is 48.6 Å². The van der Waals surface area contributed by atoms with Crippen molar-refractivity contribution < 1.29 is 18.3 Å². The lowest BCUT2D eigenvalue weighted by molar-refractivity contribution is -0.0553. The summed E-state index contributed by atoms with van der Waals surface area (Å²) < 4.78 is 34.0. The van der Waals surface area contributed by atoms with E-state index >= 15 is 0 Å². The first-order chi connectivity index (χ1) is 16.5. The van der Waals surface area contributed by atoms with Crippen molar-refractivity contribution in [1.82, 2.24) is 9.21 Å². The zero-order chi connectivity index (χ0) is 23.7. The van der Waals surface area contributed by atoms with Gasteiger partial charge in [0.2, 0.25) is 10.0 Å². The smallest absolute Gasteiger partial charge is 0.243 e. The number of benzene rings is 2. The molecule has 6 nitrogen and oxygen atoms in total. The largest absolute Gasteiger partial charge is 0.497 e. The maximum atomic E-state index is 13.6. The number of hydrogen-bond donors (Lipinski definition) is 1. The molecule has 1 saturated carbocycles. The molecule has 3 aliphatic rings. The first-order valence-electron chi connectivity index (χ1n) is 12.1. The van der Waals surface area contributed by atoms with Crippen molar-refractivity contribution in [2.24, 2.45) is 5.92 Å². The van der Waals surface area contributed by atoms with E-state index in [1.165, 1.54) is 20.0 Å². The zero-order valence-corrected chi connectivity index (χ0v) is 20.4. The molecule has 1 aliphatic carbocycles. The maximum Gasteiger partial charge on any atom is 0.243 e. The van der Waals surface area contributed by atoms with E-state index in [1.807, 2.05) is 0 Å². The van der Waals surface area contributed by atoms with E-state index < -0.39 is 10.0 Å². The van der Waals surface area contributed by atoms with Crippen LogP contribution in [0.4, 0.5) is 0 Å². The van der Waals surface area contributed by atoms with Gasteiger partial charge in [0.1, 0.15) is 5.75 Å². The minimum Gasteiger partial charge on any atom is -0.497 e. The summed E-state index contributed by atoms with van der Waals surface area (Å²) in [5.74, 6) is 7.72. The summed E-state index contributed by atoms with van der Waals surface area (Å²) in [5.41, 5.74) is 2.14. The van der Waals surface area contributed by atoms with E-state index in [1.54, 1.807) is 28.6 Å². The predicted octanol–water partition coefficient (Wildman–Crippen LogP) is 3.07. The first kappa shape index (κ1) is 23.4. The summed E-state index contributed by atoms with van der Waals surface area (Å²) in [6.45, 7) is 1.84. The summed E-state index contributed by atoms with van der Waals surface area (Å²) in [6.07, 6.45) is 4.11. The van der Waals surface area contributed by atoms with Gasteiger partial charge in [-0.2, -0.15) is 4.31 Å². The van der Waals surface area contributed by atoms with Crippen molar-refractivity contribution in [2.75, 3.05) is 33.4 Å². The second kappa shape index (κ2) is 9.71. The number of ether oxygens (including phenoxy) is 1. The molecule has 180 valence electrons. The van der Waals surface area contributed by atoms with Gasteiger partial charge in [0.25, 0.3) is 0 Å². The lowest BCUT2D eigenvalue weighted by atomic mass is 9.74. The van der Waals surface area contributed by atoms with E-state index in [9.17, 15) is 13.5 Å². The van der Waals surface area contributed by atoms with Crippen molar-refractivity contribution >= 4 is 10.0 Å². The molecule has 7 heteroatoms. The molecule has 2 aromatic carbocycles. The molecule has 2 saturated heterocycles. The van der Waals surface area contributed by atoms with Crippen LogP contribution in [-0.4, -0.2) is 68.2 Å². The Hall–Kier alpha value is -2.37. The number of aliphatic hydroxyl groups is 1. The molecule has 3 fully saturated rings. The number of sulfonamides is 1. The van der Waals surface area contributed by atoms with Crippen LogP contribution in [0.5, 0.6) is 5.75 Å². The topological polar surface area (TPSA) is 70.1 Å². The normalized spacial score (nSPS) is 25.8. The Morgan fingerprint density at radius 3 is 2.56 bits per heavy atom. The summed E-state index contributed by atoms with van der Waals surface area (Å²) >= 11 is 0. The Morgan fingerprint density at radius 2 is 1.85 bits per heavy atom. The molecule has 0 aromatic heterocycles. The maximum absolute atomic E-state index is 13.6. The zero-order valence-electron chi connectivity index (χ0n) is 19.6. The average Bonchev–Trinajstić information content (AvgIpc) is 3.67. The Labute approximate surface area is 202 Å². The number of fused-ring (bicyclic) bond motifs is 1. The minimum absolute atomic E-state index is 0.00729. The second-order valence-electron chi connectivity index (χ2n) is 9.50. The van der Waals surface area contributed by atoms with Crippen molar-refractivity contribution in [3.8, 4) is 17.6 Å². The highest BCUT2D eigenvalue weighted by Gasteiger charge is 2.50. The van der Waals surface area contributed by atoms with Crippen LogP contribution in [0.2, 0.25) is 0 Å². The Morgan fingerprint density at radius 1 is 1.09 bits per heavy atom. The monoisotopic (exact) mass is 480 g/mol. The molecule has 5 rings (SSSR count). The summed E-state index contributed by atoms with van der Waals surface area (Å²) in [5, 5.41) is 10.2. The molecular formula is C27H32N2O4S. The van der Waals surface area contributed by atoms with Crippen molar-refractivity contribution in [3.05, 3.63) is 59.7 Å². The van der Waals surface area contributed by atoms with Gasteiger partial charge in [0.05, 0.1) is 18.6 Å². The molecule has 0 radical (unpaired) electrons. The van der Waals surface area contributed by atoms with Crippen LogP contribution in [0.3, 0.4) is 0 Å². The van der Waals surface area contributed by atoms with E-state index in [0.717, 1.165) is 30.5 Å². The van der Waals surface area contributed by atoms with Crippen LogP contribution in [0, 0.1) is 17.8 Å². The third-order valence-electron chi connectivity index (χ3n) is 7.31. The fraction of sp³-hybridized carbons (Fsp3) is 0.481. The van der Waals surface area contributed by atoms with Gasteiger partial charge in [0.15, 0.2) is 0 Å². The van der Waals surface area contributed by atoms with Crippen molar-refractivity contribution in [3.63, 3.8) is 0 Å². The summed E-state index contributed by atoms with van der Waals surface area (Å²) in [7, 11) is -2.12. The molecule has 0 bridgehead atoms. The first-order valence-corrected chi connectivity index (χ1v) is 13.6. The molecule has 0 unspecified atom stereocenters. The Kier molecular flexibility index (Phi) is 6.67. The lowest BCUT2D eigenvalue weighted by Gasteiger charge is -2.57. The molecule has 0 amide bonds. The number of hydrogen-bond acceptors (Lipinski definition) is 5. The molecule has 2 heterocycles. The molecule has 2 aliphatic heterocycles. The van der Waals surface area contributed by atoms with Crippen LogP contribution < -0.4 is 4.74 Å². The number of rotatable bonds is 5.